The summed E-state index contributed by atoms with van der Waals surface area (Å²) in [4.78, 5) is 0. The Balaban J connectivity index is 2.53. The van der Waals surface area contributed by atoms with Crippen LogP contribution in [0.2, 0.25) is 0 Å². The van der Waals surface area contributed by atoms with Gasteiger partial charge in [0.15, 0.2) is 0 Å². The van der Waals surface area contributed by atoms with Crippen molar-refractivity contribution in [2.75, 3.05) is 0 Å². The molecule has 0 aromatic heterocycles. The van der Waals surface area contributed by atoms with Gasteiger partial charge in [-0.3, -0.25) is 0 Å². The average Bonchev–Trinajstić information content (AvgIpc) is 2.91. The Labute approximate surface area is 142 Å². The van der Waals surface area contributed by atoms with Crippen molar-refractivity contribution in [3.05, 3.63) is 10.6 Å². The Morgan fingerprint density at radius 3 is 1.00 bits per heavy atom. The molecule has 0 aliphatic carbocycles. The quantitative estimate of drug-likeness (QED) is 0.462. The summed E-state index contributed by atoms with van der Waals surface area (Å²) in [5.74, 6) is 1.52. The summed E-state index contributed by atoms with van der Waals surface area (Å²) in [5, 5.41) is 3.93. The molecule has 0 N–H and O–H groups in total. The minimum Gasteiger partial charge on any atom is -0.0733 e. The van der Waals surface area contributed by atoms with Gasteiger partial charge < -0.3 is 0 Å². The molecule has 2 aliphatic heterocycles. The van der Waals surface area contributed by atoms with E-state index in [2.05, 4.69) is 55.4 Å². The molecule has 4 atom stereocenters. The van der Waals surface area contributed by atoms with Gasteiger partial charge in [-0.1, -0.05) is 71.2 Å². The van der Waals surface area contributed by atoms with Crippen LogP contribution in [-0.4, -0.2) is 22.6 Å². The zero-order valence-corrected chi connectivity index (χ0v) is 18.0. The SMILES string of the molecule is CC(C)C(=C(C(C)C)P1C(C)CCC1C)P1C(C)CCC1C. The lowest BCUT2D eigenvalue weighted by molar-refractivity contribution is 0.747. The monoisotopic (exact) mass is 340 g/mol. The summed E-state index contributed by atoms with van der Waals surface area (Å²) in [5.41, 5.74) is 3.83. The van der Waals surface area contributed by atoms with E-state index in [1.54, 1.807) is 0 Å². The Morgan fingerprint density at radius 2 is 0.818 bits per heavy atom. The van der Waals surface area contributed by atoms with Crippen LogP contribution in [0.3, 0.4) is 0 Å². The Kier molecular flexibility index (Phi) is 6.59. The molecule has 2 saturated heterocycles. The lowest BCUT2D eigenvalue weighted by Gasteiger charge is -2.37. The van der Waals surface area contributed by atoms with Gasteiger partial charge in [0, 0.05) is 0 Å². The molecular formula is C20H38P2. The van der Waals surface area contributed by atoms with Crippen molar-refractivity contribution in [3.8, 4) is 0 Å². The molecule has 4 unspecified atom stereocenters. The zero-order valence-electron chi connectivity index (χ0n) is 16.2. The van der Waals surface area contributed by atoms with Crippen molar-refractivity contribution in [1.82, 2.24) is 0 Å². The molecule has 2 rings (SSSR count). The normalized spacial score (nSPS) is 40.6. The number of allylic oxidation sites excluding steroid dienone is 2. The summed E-state index contributed by atoms with van der Waals surface area (Å²) in [6.45, 7) is 20.1. The van der Waals surface area contributed by atoms with Crippen molar-refractivity contribution in [1.29, 1.82) is 0 Å². The van der Waals surface area contributed by atoms with Crippen molar-refractivity contribution in [2.45, 2.75) is 104 Å². The molecule has 22 heavy (non-hydrogen) atoms. The molecule has 0 bridgehead atoms. The van der Waals surface area contributed by atoms with Crippen LogP contribution in [0.5, 0.6) is 0 Å². The first-order chi connectivity index (χ1) is 10.3. The molecule has 0 nitrogen and oxygen atoms in total. The van der Waals surface area contributed by atoms with Crippen LogP contribution in [0, 0.1) is 11.8 Å². The van der Waals surface area contributed by atoms with Crippen LogP contribution < -0.4 is 0 Å². The number of hydrogen-bond acceptors (Lipinski definition) is 0. The lowest BCUT2D eigenvalue weighted by atomic mass is 10.1. The van der Waals surface area contributed by atoms with E-state index in [0.717, 1.165) is 34.5 Å². The van der Waals surface area contributed by atoms with E-state index in [4.69, 9.17) is 0 Å². The van der Waals surface area contributed by atoms with Crippen LogP contribution in [0.1, 0.15) is 81.1 Å². The lowest BCUT2D eigenvalue weighted by Crippen LogP contribution is -2.13. The highest BCUT2D eigenvalue weighted by Crippen LogP contribution is 2.71. The first-order valence-electron chi connectivity index (χ1n) is 9.56. The second kappa shape index (κ2) is 7.66. The van der Waals surface area contributed by atoms with E-state index in [9.17, 15) is 0 Å². The van der Waals surface area contributed by atoms with E-state index >= 15 is 0 Å². The van der Waals surface area contributed by atoms with E-state index < -0.39 is 0 Å². The molecule has 0 spiro atoms. The maximum Gasteiger partial charge on any atom is -0.0198 e. The zero-order chi connectivity index (χ0) is 16.6. The molecule has 0 amide bonds. The Morgan fingerprint density at radius 1 is 0.591 bits per heavy atom. The fourth-order valence-electron chi connectivity index (χ4n) is 4.79. The maximum atomic E-state index is 2.55. The number of hydrogen-bond donors (Lipinski definition) is 0. The van der Waals surface area contributed by atoms with E-state index in [1.165, 1.54) is 25.7 Å². The van der Waals surface area contributed by atoms with Gasteiger partial charge in [0.2, 0.25) is 0 Å². The fraction of sp³-hybridized carbons (Fsp3) is 0.900. The fourth-order valence-corrected chi connectivity index (χ4v) is 13.1. The average molecular weight is 340 g/mol. The van der Waals surface area contributed by atoms with E-state index in [0.29, 0.717) is 0 Å². The number of rotatable bonds is 4. The van der Waals surface area contributed by atoms with Gasteiger partial charge in [-0.15, -0.1) is 0 Å². The van der Waals surface area contributed by atoms with Gasteiger partial charge in [0.1, 0.15) is 0 Å². The van der Waals surface area contributed by atoms with Crippen molar-refractivity contribution >= 4 is 15.8 Å². The van der Waals surface area contributed by atoms with Gasteiger partial charge in [-0.2, -0.15) is 0 Å². The summed E-state index contributed by atoms with van der Waals surface area (Å²) in [6.07, 6.45) is 5.88. The van der Waals surface area contributed by atoms with Crippen molar-refractivity contribution < 1.29 is 0 Å². The molecular weight excluding hydrogens is 302 g/mol. The highest BCUT2D eigenvalue weighted by molar-refractivity contribution is 7.68. The topological polar surface area (TPSA) is 0 Å². The molecule has 2 aliphatic rings. The van der Waals surface area contributed by atoms with E-state index in [1.807, 2.05) is 10.6 Å². The van der Waals surface area contributed by atoms with Crippen LogP contribution in [0.25, 0.3) is 0 Å². The molecule has 0 aromatic carbocycles. The molecule has 0 radical (unpaired) electrons. The first-order valence-corrected chi connectivity index (χ1v) is 12.5. The molecule has 128 valence electrons. The smallest absolute Gasteiger partial charge is 0.0198 e. The van der Waals surface area contributed by atoms with Gasteiger partial charge in [0.25, 0.3) is 0 Å². The second-order valence-electron chi connectivity index (χ2n) is 8.45. The van der Waals surface area contributed by atoms with E-state index in [-0.39, 0.29) is 15.8 Å². The highest BCUT2D eigenvalue weighted by atomic mass is 31.1. The van der Waals surface area contributed by atoms with Crippen LogP contribution in [-0.2, 0) is 0 Å². The summed E-state index contributed by atoms with van der Waals surface area (Å²) >= 11 is 0. The molecule has 2 heteroatoms. The molecule has 2 heterocycles. The van der Waals surface area contributed by atoms with Crippen LogP contribution >= 0.6 is 15.8 Å². The molecule has 0 aromatic rings. The van der Waals surface area contributed by atoms with Gasteiger partial charge >= 0.3 is 0 Å². The third-order valence-electron chi connectivity index (χ3n) is 5.82. The minimum atomic E-state index is 0.0994. The predicted octanol–water partition coefficient (Wildman–Crippen LogP) is 7.62. The summed E-state index contributed by atoms with van der Waals surface area (Å²) in [6, 6.07) is 0. The van der Waals surface area contributed by atoms with Crippen molar-refractivity contribution in [3.63, 3.8) is 0 Å². The Hall–Kier alpha value is 0.600. The second-order valence-corrected chi connectivity index (χ2v) is 14.6. The Bertz CT molecular complexity index is 352. The third kappa shape index (κ3) is 3.64. The largest absolute Gasteiger partial charge is 0.0733 e. The van der Waals surface area contributed by atoms with Crippen molar-refractivity contribution in [2.24, 2.45) is 11.8 Å². The van der Waals surface area contributed by atoms with Crippen LogP contribution in [0.15, 0.2) is 10.6 Å². The highest BCUT2D eigenvalue weighted by Gasteiger charge is 2.40. The summed E-state index contributed by atoms with van der Waals surface area (Å²) in [7, 11) is 0.199. The first kappa shape index (κ1) is 18.9. The molecule has 0 saturated carbocycles. The predicted molar refractivity (Wildman–Crippen MR) is 107 cm³/mol. The van der Waals surface area contributed by atoms with Crippen LogP contribution in [0.4, 0.5) is 0 Å². The van der Waals surface area contributed by atoms with Gasteiger partial charge in [-0.05, 0) is 70.8 Å². The standard InChI is InChI=1S/C20H38P2/c1-13(2)19(21-15(5)9-10-16(21)6)20(14(3)4)22-17(7)11-12-18(22)8/h13-18H,9-12H2,1-8H3. The minimum absolute atomic E-state index is 0.0994. The maximum absolute atomic E-state index is 2.55. The third-order valence-corrected chi connectivity index (χ3v) is 13.5. The van der Waals surface area contributed by atoms with Gasteiger partial charge in [0.05, 0.1) is 0 Å². The molecule has 2 fully saturated rings. The van der Waals surface area contributed by atoms with Gasteiger partial charge in [-0.25, -0.2) is 0 Å². The summed E-state index contributed by atoms with van der Waals surface area (Å²) < 4.78 is 0.